The Kier molecular flexibility index (Phi) is 1.96. The van der Waals surface area contributed by atoms with Crippen molar-refractivity contribution in [3.05, 3.63) is 52.4 Å². The quantitative estimate of drug-likeness (QED) is 0.671. The summed E-state index contributed by atoms with van der Waals surface area (Å²) in [6, 6.07) is 7.39. The molecule has 16 heavy (non-hydrogen) atoms. The van der Waals surface area contributed by atoms with Gasteiger partial charge >= 0.3 is 0 Å². The number of fused-ring (bicyclic) bond motifs is 2. The second-order valence-electron chi connectivity index (χ2n) is 4.18. The number of aryl methyl sites for hydroxylation is 1. The summed E-state index contributed by atoms with van der Waals surface area (Å²) < 4.78 is 5.77. The van der Waals surface area contributed by atoms with Gasteiger partial charge in [0.2, 0.25) is 0 Å². The van der Waals surface area contributed by atoms with Crippen LogP contribution in [0.2, 0.25) is 0 Å². The molecule has 1 aromatic heterocycles. The van der Waals surface area contributed by atoms with Gasteiger partial charge in [0.05, 0.1) is 10.9 Å². The van der Waals surface area contributed by atoms with Gasteiger partial charge in [0.25, 0.3) is 0 Å². The van der Waals surface area contributed by atoms with Gasteiger partial charge in [-0.25, -0.2) is 0 Å². The largest absolute Gasteiger partial charge is 0.460 e. The highest BCUT2D eigenvalue weighted by molar-refractivity contribution is 5.81. The molecule has 0 saturated heterocycles. The van der Waals surface area contributed by atoms with Crippen LogP contribution in [0.5, 0.6) is 0 Å². The summed E-state index contributed by atoms with van der Waals surface area (Å²) in [4.78, 5) is 12.3. The summed E-state index contributed by atoms with van der Waals surface area (Å²) in [6.45, 7) is 3.96. The van der Waals surface area contributed by atoms with Gasteiger partial charge in [-0.2, -0.15) is 0 Å². The van der Waals surface area contributed by atoms with Crippen LogP contribution in [0.3, 0.4) is 0 Å². The van der Waals surface area contributed by atoms with Crippen LogP contribution in [0.15, 0.2) is 40.1 Å². The summed E-state index contributed by atoms with van der Waals surface area (Å²) >= 11 is 0. The lowest BCUT2D eigenvalue weighted by Crippen LogP contribution is -2.15. The summed E-state index contributed by atoms with van der Waals surface area (Å²) in [5, 5.41) is 0.657. The van der Waals surface area contributed by atoms with Crippen molar-refractivity contribution in [1.29, 1.82) is 0 Å². The van der Waals surface area contributed by atoms with Crippen molar-refractivity contribution in [2.75, 3.05) is 0 Å². The van der Waals surface area contributed by atoms with Gasteiger partial charge < -0.3 is 4.42 Å². The topological polar surface area (TPSA) is 30.2 Å². The fourth-order valence-electron chi connectivity index (χ4n) is 2.31. The Bertz CT molecular complexity index is 635. The molecule has 1 aliphatic rings. The molecule has 1 aliphatic carbocycles. The smallest absolute Gasteiger partial charge is 0.200 e. The fourth-order valence-corrected chi connectivity index (χ4v) is 2.31. The van der Waals surface area contributed by atoms with E-state index in [1.165, 1.54) is 0 Å². The van der Waals surface area contributed by atoms with Gasteiger partial charge in [0.15, 0.2) is 5.43 Å². The van der Waals surface area contributed by atoms with E-state index in [1.807, 2.05) is 24.3 Å². The first-order valence-electron chi connectivity index (χ1n) is 5.50. The monoisotopic (exact) mass is 212 g/mol. The average molecular weight is 212 g/mol. The number of benzene rings is 1. The Balaban J connectivity index is 2.46. The van der Waals surface area contributed by atoms with E-state index in [4.69, 9.17) is 4.42 Å². The van der Waals surface area contributed by atoms with Gasteiger partial charge in [0, 0.05) is 6.42 Å². The lowest BCUT2D eigenvalue weighted by Gasteiger charge is -2.16. The highest BCUT2D eigenvalue weighted by Gasteiger charge is 2.20. The molecule has 0 radical (unpaired) electrons. The van der Waals surface area contributed by atoms with E-state index in [-0.39, 0.29) is 5.43 Å². The van der Waals surface area contributed by atoms with Crippen LogP contribution in [0.25, 0.3) is 16.5 Å². The van der Waals surface area contributed by atoms with Crippen LogP contribution in [0.1, 0.15) is 24.2 Å². The van der Waals surface area contributed by atoms with Gasteiger partial charge in [-0.15, -0.1) is 0 Å². The first kappa shape index (κ1) is 9.40. The van der Waals surface area contributed by atoms with Crippen LogP contribution < -0.4 is 5.43 Å². The number of para-hydroxylation sites is 1. The van der Waals surface area contributed by atoms with Crippen molar-refractivity contribution in [2.24, 2.45) is 0 Å². The van der Waals surface area contributed by atoms with E-state index < -0.39 is 0 Å². The first-order valence-corrected chi connectivity index (χ1v) is 5.50. The van der Waals surface area contributed by atoms with Crippen molar-refractivity contribution < 1.29 is 4.42 Å². The molecule has 2 nitrogen and oxygen atoms in total. The Morgan fingerprint density at radius 2 is 2.00 bits per heavy atom. The fraction of sp³-hybridized carbons (Fsp3) is 0.214. The predicted octanol–water partition coefficient (Wildman–Crippen LogP) is 3.14. The Labute approximate surface area is 93.2 Å². The maximum absolute atomic E-state index is 12.3. The van der Waals surface area contributed by atoms with E-state index in [1.54, 1.807) is 0 Å². The molecule has 0 amide bonds. The molecule has 0 aliphatic heterocycles. The summed E-state index contributed by atoms with van der Waals surface area (Å²) in [6.07, 6.45) is 2.76. The molecule has 0 unspecified atom stereocenters. The van der Waals surface area contributed by atoms with E-state index in [0.717, 1.165) is 30.6 Å². The molecule has 2 heteroatoms. The number of hydrogen-bond acceptors (Lipinski definition) is 2. The average Bonchev–Trinajstić information content (AvgIpc) is 2.29. The Morgan fingerprint density at radius 1 is 1.19 bits per heavy atom. The molecule has 80 valence electrons. The second-order valence-corrected chi connectivity index (χ2v) is 4.18. The van der Waals surface area contributed by atoms with E-state index >= 15 is 0 Å². The van der Waals surface area contributed by atoms with E-state index in [9.17, 15) is 4.79 Å². The second kappa shape index (κ2) is 3.34. The van der Waals surface area contributed by atoms with E-state index in [2.05, 4.69) is 6.58 Å². The molecule has 3 rings (SSSR count). The molecule has 1 aromatic carbocycles. The lowest BCUT2D eigenvalue weighted by molar-refractivity contribution is 0.516. The minimum absolute atomic E-state index is 0.0709. The molecule has 0 fully saturated rings. The zero-order valence-corrected chi connectivity index (χ0v) is 8.95. The molecule has 0 spiro atoms. The number of hydrogen-bond donors (Lipinski definition) is 0. The summed E-state index contributed by atoms with van der Waals surface area (Å²) in [7, 11) is 0. The van der Waals surface area contributed by atoms with Crippen LogP contribution in [-0.2, 0) is 6.42 Å². The highest BCUT2D eigenvalue weighted by Crippen LogP contribution is 2.29. The number of allylic oxidation sites excluding steroid dienone is 1. The van der Waals surface area contributed by atoms with Gasteiger partial charge in [-0.1, -0.05) is 18.7 Å². The molecule has 0 bridgehead atoms. The van der Waals surface area contributed by atoms with E-state index in [0.29, 0.717) is 16.5 Å². The summed E-state index contributed by atoms with van der Waals surface area (Å²) in [5.41, 5.74) is 2.38. The molecule has 0 atom stereocenters. The predicted molar refractivity (Wildman–Crippen MR) is 64.5 cm³/mol. The first-order chi connectivity index (χ1) is 7.77. The molecule has 0 N–H and O–H groups in total. The zero-order valence-electron chi connectivity index (χ0n) is 8.95. The van der Waals surface area contributed by atoms with Crippen molar-refractivity contribution in [1.82, 2.24) is 0 Å². The normalized spacial score (nSPS) is 15.1. The third kappa shape index (κ3) is 1.23. The minimum Gasteiger partial charge on any atom is -0.460 e. The van der Waals surface area contributed by atoms with Gasteiger partial charge in [-0.05, 0) is 30.5 Å². The van der Waals surface area contributed by atoms with Crippen LogP contribution in [0.4, 0.5) is 0 Å². The van der Waals surface area contributed by atoms with Crippen molar-refractivity contribution in [3.63, 3.8) is 0 Å². The Morgan fingerprint density at radius 3 is 2.88 bits per heavy atom. The Hall–Kier alpha value is -1.83. The maximum Gasteiger partial charge on any atom is 0.200 e. The maximum atomic E-state index is 12.3. The van der Waals surface area contributed by atoms with Crippen LogP contribution >= 0.6 is 0 Å². The molecular formula is C14H12O2. The SMILES string of the molecule is C=C1CCCc2oc3ccccc3c(=O)c21. The molecule has 1 heterocycles. The summed E-state index contributed by atoms with van der Waals surface area (Å²) in [5.74, 6) is 0.806. The molecule has 2 aromatic rings. The minimum atomic E-state index is 0.0709. The van der Waals surface area contributed by atoms with Crippen LogP contribution in [-0.4, -0.2) is 0 Å². The van der Waals surface area contributed by atoms with Gasteiger partial charge in [0.1, 0.15) is 11.3 Å². The third-order valence-electron chi connectivity index (χ3n) is 3.11. The van der Waals surface area contributed by atoms with Gasteiger partial charge in [-0.3, -0.25) is 4.79 Å². The standard InChI is InChI=1S/C14H12O2/c1-9-5-4-8-12-13(9)14(15)10-6-2-3-7-11(10)16-12/h2-3,6-7H,1,4-5,8H2. The highest BCUT2D eigenvalue weighted by atomic mass is 16.3. The third-order valence-corrected chi connectivity index (χ3v) is 3.11. The van der Waals surface area contributed by atoms with Crippen LogP contribution in [0, 0.1) is 0 Å². The molecule has 0 saturated carbocycles. The lowest BCUT2D eigenvalue weighted by atomic mass is 9.92. The molecular weight excluding hydrogens is 200 g/mol. The zero-order chi connectivity index (χ0) is 11.1. The van der Waals surface area contributed by atoms with Crippen molar-refractivity contribution in [2.45, 2.75) is 19.3 Å². The van der Waals surface area contributed by atoms with Crippen molar-refractivity contribution in [3.8, 4) is 0 Å². The number of rotatable bonds is 0. The van der Waals surface area contributed by atoms with Crippen molar-refractivity contribution >= 4 is 16.5 Å².